The number of ether oxygens (including phenoxy) is 1. The maximum atomic E-state index is 13.7. The molecule has 0 atom stereocenters. The van der Waals surface area contributed by atoms with Gasteiger partial charge in [-0.2, -0.15) is 0 Å². The van der Waals surface area contributed by atoms with E-state index in [4.69, 9.17) is 4.74 Å². The van der Waals surface area contributed by atoms with E-state index >= 15 is 0 Å². The van der Waals surface area contributed by atoms with Crippen molar-refractivity contribution < 1.29 is 13.9 Å². The first-order valence-electron chi connectivity index (χ1n) is 5.07. The van der Waals surface area contributed by atoms with Crippen LogP contribution in [-0.2, 0) is 4.74 Å². The molecule has 3 nitrogen and oxygen atoms in total. The van der Waals surface area contributed by atoms with Gasteiger partial charge in [-0.1, -0.05) is 0 Å². The maximum Gasteiger partial charge on any atom is 0.159 e. The Morgan fingerprint density at radius 1 is 1.50 bits per heavy atom. The number of hydrogen-bond donors (Lipinski definition) is 0. The standard InChI is InChI=1S/C12H16FNO2/c1-9(15)10-4-5-12(11(13)8-10)14(2)6-7-16-3/h4-5,8H,6-7H2,1-3H3. The van der Waals surface area contributed by atoms with E-state index in [1.54, 1.807) is 31.2 Å². The van der Waals surface area contributed by atoms with Gasteiger partial charge >= 0.3 is 0 Å². The lowest BCUT2D eigenvalue weighted by Crippen LogP contribution is -2.23. The molecule has 0 unspecified atom stereocenters. The molecular weight excluding hydrogens is 209 g/mol. The molecule has 0 aliphatic heterocycles. The number of methoxy groups -OCH3 is 1. The number of likely N-dealkylation sites (N-methyl/N-ethyl adjacent to an activating group) is 1. The zero-order valence-corrected chi connectivity index (χ0v) is 9.79. The Morgan fingerprint density at radius 3 is 2.69 bits per heavy atom. The van der Waals surface area contributed by atoms with Gasteiger partial charge in [0.1, 0.15) is 5.82 Å². The van der Waals surface area contributed by atoms with E-state index in [0.29, 0.717) is 24.4 Å². The van der Waals surface area contributed by atoms with E-state index in [2.05, 4.69) is 0 Å². The number of carbonyl (C=O) groups is 1. The summed E-state index contributed by atoms with van der Waals surface area (Å²) >= 11 is 0. The predicted molar refractivity (Wildman–Crippen MR) is 61.6 cm³/mol. The fourth-order valence-corrected chi connectivity index (χ4v) is 1.38. The first-order valence-corrected chi connectivity index (χ1v) is 5.07. The summed E-state index contributed by atoms with van der Waals surface area (Å²) in [7, 11) is 3.38. The van der Waals surface area contributed by atoms with Crippen LogP contribution >= 0.6 is 0 Å². The van der Waals surface area contributed by atoms with Crippen LogP contribution < -0.4 is 4.90 Å². The minimum absolute atomic E-state index is 0.134. The molecule has 0 heterocycles. The fourth-order valence-electron chi connectivity index (χ4n) is 1.38. The molecule has 0 amide bonds. The molecule has 88 valence electrons. The highest BCUT2D eigenvalue weighted by molar-refractivity contribution is 5.94. The van der Waals surface area contributed by atoms with E-state index < -0.39 is 0 Å². The van der Waals surface area contributed by atoms with Crippen LogP contribution in [0.2, 0.25) is 0 Å². The number of anilines is 1. The lowest BCUT2D eigenvalue weighted by molar-refractivity contribution is 0.101. The third kappa shape index (κ3) is 3.03. The lowest BCUT2D eigenvalue weighted by Gasteiger charge is -2.19. The van der Waals surface area contributed by atoms with E-state index in [-0.39, 0.29) is 11.6 Å². The predicted octanol–water partition coefficient (Wildman–Crippen LogP) is 2.11. The summed E-state index contributed by atoms with van der Waals surface area (Å²) in [4.78, 5) is 12.8. The Balaban J connectivity index is 2.85. The van der Waals surface area contributed by atoms with Gasteiger partial charge in [0.05, 0.1) is 12.3 Å². The van der Waals surface area contributed by atoms with E-state index in [1.807, 2.05) is 0 Å². The van der Waals surface area contributed by atoms with Crippen molar-refractivity contribution in [3.05, 3.63) is 29.6 Å². The van der Waals surface area contributed by atoms with Crippen molar-refractivity contribution in [1.29, 1.82) is 0 Å². The SMILES string of the molecule is COCCN(C)c1ccc(C(C)=O)cc1F. The summed E-state index contributed by atoms with van der Waals surface area (Å²) in [5.41, 5.74) is 0.864. The minimum atomic E-state index is -0.383. The molecule has 0 aliphatic rings. The molecule has 4 heteroatoms. The molecule has 0 bridgehead atoms. The molecule has 16 heavy (non-hydrogen) atoms. The summed E-state index contributed by atoms with van der Waals surface area (Å²) in [6.45, 7) is 2.56. The van der Waals surface area contributed by atoms with Crippen LogP contribution in [0.15, 0.2) is 18.2 Å². The van der Waals surface area contributed by atoms with E-state index in [9.17, 15) is 9.18 Å². The van der Waals surface area contributed by atoms with Gasteiger partial charge in [0.15, 0.2) is 5.78 Å². The number of halogens is 1. The summed E-state index contributed by atoms with van der Waals surface area (Å²) in [6, 6.07) is 4.51. The van der Waals surface area contributed by atoms with Crippen LogP contribution in [0.5, 0.6) is 0 Å². The van der Waals surface area contributed by atoms with Crippen molar-refractivity contribution >= 4 is 11.5 Å². The van der Waals surface area contributed by atoms with Crippen LogP contribution in [0.25, 0.3) is 0 Å². The number of carbonyl (C=O) groups excluding carboxylic acids is 1. The Bertz CT molecular complexity index is 379. The van der Waals surface area contributed by atoms with Crippen LogP contribution in [0.3, 0.4) is 0 Å². The van der Waals surface area contributed by atoms with Crippen molar-refractivity contribution in [3.8, 4) is 0 Å². The average Bonchev–Trinajstić information content (AvgIpc) is 2.25. The summed E-state index contributed by atoms with van der Waals surface area (Å²) in [6.07, 6.45) is 0. The third-order valence-electron chi connectivity index (χ3n) is 2.40. The number of ketones is 1. The number of nitrogens with zero attached hydrogens (tertiary/aromatic N) is 1. The zero-order valence-electron chi connectivity index (χ0n) is 9.79. The van der Waals surface area contributed by atoms with Gasteiger partial charge in [-0.05, 0) is 25.1 Å². The van der Waals surface area contributed by atoms with Gasteiger partial charge < -0.3 is 9.64 Å². The van der Waals surface area contributed by atoms with Crippen molar-refractivity contribution in [1.82, 2.24) is 0 Å². The third-order valence-corrected chi connectivity index (χ3v) is 2.40. The molecule has 1 aromatic rings. The van der Waals surface area contributed by atoms with Gasteiger partial charge in [-0.25, -0.2) is 4.39 Å². The lowest BCUT2D eigenvalue weighted by atomic mass is 10.1. The number of hydrogen-bond acceptors (Lipinski definition) is 3. The average molecular weight is 225 g/mol. The van der Waals surface area contributed by atoms with Crippen LogP contribution in [0.4, 0.5) is 10.1 Å². The second-order valence-electron chi connectivity index (χ2n) is 3.64. The topological polar surface area (TPSA) is 29.5 Å². The van der Waals surface area contributed by atoms with Gasteiger partial charge in [0.2, 0.25) is 0 Å². The van der Waals surface area contributed by atoms with E-state index in [0.717, 1.165) is 0 Å². The highest BCUT2D eigenvalue weighted by atomic mass is 19.1. The molecule has 0 saturated heterocycles. The number of benzene rings is 1. The molecule has 0 aromatic heterocycles. The summed E-state index contributed by atoms with van der Waals surface area (Å²) in [5, 5.41) is 0. The largest absolute Gasteiger partial charge is 0.383 e. The molecule has 1 rings (SSSR count). The molecule has 0 aliphatic carbocycles. The molecule has 0 radical (unpaired) electrons. The highest BCUT2D eigenvalue weighted by Crippen LogP contribution is 2.19. The fraction of sp³-hybridized carbons (Fsp3) is 0.417. The smallest absolute Gasteiger partial charge is 0.159 e. The first-order chi connectivity index (χ1) is 7.56. The summed E-state index contributed by atoms with van der Waals surface area (Å²) < 4.78 is 18.6. The molecular formula is C12H16FNO2. The molecule has 0 fully saturated rings. The van der Waals surface area contributed by atoms with Gasteiger partial charge in [-0.15, -0.1) is 0 Å². The minimum Gasteiger partial charge on any atom is -0.383 e. The van der Waals surface area contributed by atoms with Gasteiger partial charge in [0.25, 0.3) is 0 Å². The Hall–Kier alpha value is -1.42. The molecule has 0 saturated carbocycles. The van der Waals surface area contributed by atoms with Gasteiger partial charge in [-0.3, -0.25) is 4.79 Å². The normalized spacial score (nSPS) is 10.2. The number of rotatable bonds is 5. The van der Waals surface area contributed by atoms with E-state index in [1.165, 1.54) is 13.0 Å². The van der Waals surface area contributed by atoms with Crippen molar-refractivity contribution in [2.24, 2.45) is 0 Å². The van der Waals surface area contributed by atoms with Crippen molar-refractivity contribution in [2.75, 3.05) is 32.2 Å². The van der Waals surface area contributed by atoms with Crippen LogP contribution in [0.1, 0.15) is 17.3 Å². The Labute approximate surface area is 94.8 Å². The second kappa shape index (κ2) is 5.61. The van der Waals surface area contributed by atoms with Crippen molar-refractivity contribution in [3.63, 3.8) is 0 Å². The number of Topliss-reactive ketones (excluding diaryl/α,β-unsaturated/α-hetero) is 1. The molecule has 0 spiro atoms. The Kier molecular flexibility index (Phi) is 4.43. The van der Waals surface area contributed by atoms with Gasteiger partial charge in [0, 0.05) is 26.3 Å². The zero-order chi connectivity index (χ0) is 12.1. The first kappa shape index (κ1) is 12.6. The molecule has 0 N–H and O–H groups in total. The molecule has 1 aromatic carbocycles. The highest BCUT2D eigenvalue weighted by Gasteiger charge is 2.09. The quantitative estimate of drug-likeness (QED) is 0.719. The second-order valence-corrected chi connectivity index (χ2v) is 3.64. The Morgan fingerprint density at radius 2 is 2.19 bits per heavy atom. The van der Waals surface area contributed by atoms with Crippen molar-refractivity contribution in [2.45, 2.75) is 6.92 Å². The van der Waals surface area contributed by atoms with Crippen LogP contribution in [0, 0.1) is 5.82 Å². The monoisotopic (exact) mass is 225 g/mol. The van der Waals surface area contributed by atoms with Crippen LogP contribution in [-0.4, -0.2) is 33.1 Å². The summed E-state index contributed by atoms with van der Waals surface area (Å²) in [5.74, 6) is -0.517. The maximum absolute atomic E-state index is 13.7.